The molecule has 0 amide bonds. The standard InChI is InChI=1S/C21H23BrN2O/c1-25-19-6-4-17-14-24(10-8-15(17)11-19)9-2-3-16-13-23-21-7-5-18(22)12-20(16)21/h4-7,11-13,23H,2-3,8-10,14H2,1H3/i1-1. The highest BCUT2D eigenvalue weighted by Gasteiger charge is 2.16. The molecular weight excluding hydrogens is 375 g/mol. The van der Waals surface area contributed by atoms with Crippen LogP contribution in [0.3, 0.4) is 0 Å². The van der Waals surface area contributed by atoms with E-state index in [0.29, 0.717) is 0 Å². The van der Waals surface area contributed by atoms with Gasteiger partial charge in [-0.1, -0.05) is 22.0 Å². The lowest BCUT2D eigenvalue weighted by Crippen LogP contribution is -2.31. The second-order valence-corrected chi connectivity index (χ2v) is 7.68. The molecule has 0 spiro atoms. The van der Waals surface area contributed by atoms with Crippen molar-refractivity contribution in [2.75, 3.05) is 20.2 Å². The Hall–Kier alpha value is -1.78. The molecule has 1 aliphatic heterocycles. The fourth-order valence-corrected chi connectivity index (χ4v) is 4.12. The van der Waals surface area contributed by atoms with Crippen molar-refractivity contribution in [3.63, 3.8) is 0 Å². The summed E-state index contributed by atoms with van der Waals surface area (Å²) >= 11 is 3.58. The first kappa shape index (κ1) is 16.7. The maximum Gasteiger partial charge on any atom is 0.119 e. The van der Waals surface area contributed by atoms with Gasteiger partial charge in [0.1, 0.15) is 5.75 Å². The second kappa shape index (κ2) is 7.22. The SMILES string of the molecule is [11CH3]Oc1ccc2c(c1)CCN(CCCc1c[nH]c3ccc(Br)cc13)C2. The molecule has 4 heteroatoms. The number of halogens is 1. The molecule has 3 aromatic rings. The van der Waals surface area contributed by atoms with E-state index >= 15 is 0 Å². The molecule has 1 aliphatic rings. The third-order valence-electron chi connectivity index (χ3n) is 5.15. The van der Waals surface area contributed by atoms with Crippen LogP contribution >= 0.6 is 15.9 Å². The summed E-state index contributed by atoms with van der Waals surface area (Å²) < 4.78 is 6.48. The number of aryl methyl sites for hydroxylation is 1. The summed E-state index contributed by atoms with van der Waals surface area (Å²) in [4.78, 5) is 5.95. The second-order valence-electron chi connectivity index (χ2n) is 6.77. The molecule has 2 aromatic carbocycles. The van der Waals surface area contributed by atoms with Crippen LogP contribution < -0.4 is 4.74 Å². The zero-order chi connectivity index (χ0) is 17.2. The lowest BCUT2D eigenvalue weighted by atomic mass is 9.99. The van der Waals surface area contributed by atoms with Crippen molar-refractivity contribution < 1.29 is 4.74 Å². The summed E-state index contributed by atoms with van der Waals surface area (Å²) in [5.41, 5.74) is 5.53. The van der Waals surface area contributed by atoms with E-state index in [1.807, 2.05) is 0 Å². The molecule has 1 N–H and O–H groups in total. The Balaban J connectivity index is 1.36. The van der Waals surface area contributed by atoms with Gasteiger partial charge in [0.05, 0.1) is 7.11 Å². The van der Waals surface area contributed by atoms with Crippen LogP contribution in [0.2, 0.25) is 0 Å². The summed E-state index contributed by atoms with van der Waals surface area (Å²) in [5.74, 6) is 0.970. The number of nitrogens with zero attached hydrogens (tertiary/aromatic N) is 1. The van der Waals surface area contributed by atoms with Gasteiger partial charge in [-0.25, -0.2) is 0 Å². The van der Waals surface area contributed by atoms with E-state index in [2.05, 4.69) is 68.4 Å². The molecule has 0 unspecified atom stereocenters. The van der Waals surface area contributed by atoms with Crippen molar-refractivity contribution in [3.05, 3.63) is 63.8 Å². The number of ether oxygens (including phenoxy) is 1. The first-order valence-corrected chi connectivity index (χ1v) is 9.66. The van der Waals surface area contributed by atoms with Crippen LogP contribution in [0.4, 0.5) is 0 Å². The van der Waals surface area contributed by atoms with Crippen molar-refractivity contribution in [1.82, 2.24) is 9.88 Å². The van der Waals surface area contributed by atoms with E-state index in [0.717, 1.165) is 42.7 Å². The van der Waals surface area contributed by atoms with Gasteiger partial charge in [-0.3, -0.25) is 4.90 Å². The Morgan fingerprint density at radius 1 is 1.16 bits per heavy atom. The highest BCUT2D eigenvalue weighted by atomic mass is 79.9. The average Bonchev–Trinajstić information content (AvgIpc) is 3.03. The number of hydrogen-bond donors (Lipinski definition) is 1. The van der Waals surface area contributed by atoms with Crippen molar-refractivity contribution in [3.8, 4) is 5.75 Å². The minimum absolute atomic E-state index is 0.970. The zero-order valence-corrected chi connectivity index (χ0v) is 16.1. The molecule has 0 saturated carbocycles. The van der Waals surface area contributed by atoms with Gasteiger partial charge in [0, 0.05) is 34.7 Å². The van der Waals surface area contributed by atoms with Crippen molar-refractivity contribution in [1.29, 1.82) is 0 Å². The quantitative estimate of drug-likeness (QED) is 0.660. The molecule has 0 aliphatic carbocycles. The fourth-order valence-electron chi connectivity index (χ4n) is 3.76. The number of hydrogen-bond acceptors (Lipinski definition) is 2. The Morgan fingerprint density at radius 2 is 2.08 bits per heavy atom. The molecular formula is C21H23BrN2O. The molecule has 0 radical (unpaired) electrons. The summed E-state index contributed by atoms with van der Waals surface area (Å²) in [6, 6.07) is 12.9. The number of fused-ring (bicyclic) bond motifs is 2. The van der Waals surface area contributed by atoms with Crippen molar-refractivity contribution in [2.24, 2.45) is 0 Å². The summed E-state index contributed by atoms with van der Waals surface area (Å²) in [7, 11) is 1.74. The van der Waals surface area contributed by atoms with Crippen LogP contribution in [0.5, 0.6) is 5.75 Å². The number of aromatic nitrogens is 1. The number of benzene rings is 2. The van der Waals surface area contributed by atoms with Gasteiger partial charge in [-0.05, 0) is 72.8 Å². The average molecular weight is 398 g/mol. The molecule has 0 atom stereocenters. The largest absolute Gasteiger partial charge is 0.497 e. The lowest BCUT2D eigenvalue weighted by Gasteiger charge is -2.29. The van der Waals surface area contributed by atoms with Crippen molar-refractivity contribution >= 4 is 26.8 Å². The maximum absolute atomic E-state index is 5.34. The first-order chi connectivity index (χ1) is 12.2. The van der Waals surface area contributed by atoms with E-state index in [1.54, 1.807) is 7.11 Å². The maximum atomic E-state index is 5.34. The number of methoxy groups -OCH3 is 1. The minimum atomic E-state index is 0.970. The monoisotopic (exact) mass is 397 g/mol. The van der Waals surface area contributed by atoms with E-state index < -0.39 is 0 Å². The highest BCUT2D eigenvalue weighted by molar-refractivity contribution is 9.10. The van der Waals surface area contributed by atoms with Crippen LogP contribution in [-0.2, 0) is 19.4 Å². The van der Waals surface area contributed by atoms with Gasteiger partial charge >= 0.3 is 0 Å². The Morgan fingerprint density at radius 3 is 2.96 bits per heavy atom. The van der Waals surface area contributed by atoms with Crippen LogP contribution in [-0.4, -0.2) is 30.1 Å². The van der Waals surface area contributed by atoms with E-state index in [9.17, 15) is 0 Å². The molecule has 4 rings (SSSR count). The van der Waals surface area contributed by atoms with Crippen LogP contribution in [0.1, 0.15) is 23.1 Å². The molecule has 0 saturated heterocycles. The fraction of sp³-hybridized carbons (Fsp3) is 0.333. The minimum Gasteiger partial charge on any atom is -0.497 e. The number of rotatable bonds is 5. The van der Waals surface area contributed by atoms with E-state index in [1.165, 1.54) is 34.0 Å². The Bertz CT molecular complexity index is 887. The third kappa shape index (κ3) is 3.60. The van der Waals surface area contributed by atoms with Crippen molar-refractivity contribution in [2.45, 2.75) is 25.8 Å². The molecule has 1 aromatic heterocycles. The zero-order valence-electron chi connectivity index (χ0n) is 14.5. The lowest BCUT2D eigenvalue weighted by molar-refractivity contribution is 0.251. The molecule has 3 nitrogen and oxygen atoms in total. The number of nitrogens with one attached hydrogen (secondary N) is 1. The number of aromatic amines is 1. The predicted molar refractivity (Wildman–Crippen MR) is 106 cm³/mol. The van der Waals surface area contributed by atoms with Crippen LogP contribution in [0.15, 0.2) is 47.1 Å². The third-order valence-corrected chi connectivity index (χ3v) is 5.65. The topological polar surface area (TPSA) is 28.3 Å². The normalized spacial score (nSPS) is 14.6. The van der Waals surface area contributed by atoms with Gasteiger partial charge in [0.2, 0.25) is 0 Å². The Kier molecular flexibility index (Phi) is 4.82. The molecule has 130 valence electrons. The summed E-state index contributed by atoms with van der Waals surface area (Å²) in [5, 5.41) is 1.34. The molecule has 2 heterocycles. The predicted octanol–water partition coefficient (Wildman–Crippen LogP) is 4.93. The van der Waals surface area contributed by atoms with Crippen LogP contribution in [0.25, 0.3) is 10.9 Å². The van der Waals surface area contributed by atoms with Gasteiger partial charge in [-0.15, -0.1) is 0 Å². The van der Waals surface area contributed by atoms with Gasteiger partial charge in [-0.2, -0.15) is 0 Å². The Labute approximate surface area is 157 Å². The molecule has 0 fully saturated rings. The summed E-state index contributed by atoms with van der Waals surface area (Å²) in [6.07, 6.45) is 5.58. The smallest absolute Gasteiger partial charge is 0.119 e. The molecule has 0 bridgehead atoms. The molecule has 25 heavy (non-hydrogen) atoms. The van der Waals surface area contributed by atoms with Gasteiger partial charge < -0.3 is 9.72 Å². The highest BCUT2D eigenvalue weighted by Crippen LogP contribution is 2.25. The first-order valence-electron chi connectivity index (χ1n) is 8.86. The summed E-state index contributed by atoms with van der Waals surface area (Å²) in [6.45, 7) is 3.34. The number of H-pyrrole nitrogens is 1. The van der Waals surface area contributed by atoms with Gasteiger partial charge in [0.15, 0.2) is 0 Å². The van der Waals surface area contributed by atoms with Gasteiger partial charge in [0.25, 0.3) is 0 Å². The van der Waals surface area contributed by atoms with E-state index in [4.69, 9.17) is 4.74 Å². The van der Waals surface area contributed by atoms with E-state index in [-0.39, 0.29) is 0 Å². The van der Waals surface area contributed by atoms with Crippen LogP contribution in [0, 0.1) is 0 Å².